The monoisotopic (exact) mass is 406 g/mol. The second kappa shape index (κ2) is 7.95. The predicted molar refractivity (Wildman–Crippen MR) is 110 cm³/mol. The number of aryl methyl sites for hydroxylation is 1. The van der Waals surface area contributed by atoms with Gasteiger partial charge < -0.3 is 9.72 Å². The molecule has 2 aromatic heterocycles. The zero-order valence-corrected chi connectivity index (χ0v) is 17.5. The number of aromatic nitrogens is 2. The fourth-order valence-electron chi connectivity index (χ4n) is 4.23. The molecule has 0 amide bonds. The van der Waals surface area contributed by atoms with Gasteiger partial charge in [-0.15, -0.1) is 11.3 Å². The number of aromatic amines is 1. The Morgan fingerprint density at radius 2 is 2.15 bits per heavy atom. The second-order valence-corrected chi connectivity index (χ2v) is 10.1. The van der Waals surface area contributed by atoms with Crippen LogP contribution < -0.4 is 5.56 Å². The third-order valence-electron chi connectivity index (χ3n) is 5.66. The van der Waals surface area contributed by atoms with Crippen molar-refractivity contribution in [2.75, 3.05) is 5.75 Å². The molecule has 0 spiro atoms. The molecule has 0 radical (unpaired) electrons. The quantitative estimate of drug-likeness (QED) is 0.465. The first kappa shape index (κ1) is 19.0. The molecule has 0 aromatic carbocycles. The van der Waals surface area contributed by atoms with Gasteiger partial charge in [0.2, 0.25) is 0 Å². The van der Waals surface area contributed by atoms with Crippen LogP contribution in [0.4, 0.5) is 0 Å². The van der Waals surface area contributed by atoms with Gasteiger partial charge in [0.15, 0.2) is 5.16 Å². The Bertz CT molecular complexity index is 904. The number of carbonyl (C=O) groups is 1. The molecule has 5 nitrogen and oxygen atoms in total. The van der Waals surface area contributed by atoms with Gasteiger partial charge >= 0.3 is 5.97 Å². The Hall–Kier alpha value is -1.34. The van der Waals surface area contributed by atoms with Crippen molar-refractivity contribution in [2.45, 2.75) is 70.1 Å². The standard InChI is InChI=1S/C20H26N2O3S2/c1-11-4-3-5-13(8-11)25-16(23)10-26-20-21-18(24)17-14-7-6-12(2)9-15(14)27-19(17)22-20/h11-13H,3-10H2,1-2H3,(H,21,22,24)/t11-,12-,13+/m0/s1. The molecule has 146 valence electrons. The SMILES string of the molecule is C[C@H]1CCc2c(sc3nc(SCC(=O)O[C@@H]4CCC[C@H](C)C4)[nH]c(=O)c23)C1. The minimum absolute atomic E-state index is 0.0438. The van der Waals surface area contributed by atoms with Gasteiger partial charge in [-0.25, -0.2) is 4.98 Å². The van der Waals surface area contributed by atoms with Gasteiger partial charge in [0.25, 0.3) is 5.56 Å². The summed E-state index contributed by atoms with van der Waals surface area (Å²) in [5.74, 6) is 1.25. The summed E-state index contributed by atoms with van der Waals surface area (Å²) in [5, 5.41) is 1.26. The number of thiophene rings is 1. The number of ether oxygens (including phenoxy) is 1. The van der Waals surface area contributed by atoms with Crippen LogP contribution in [0.1, 0.15) is 56.4 Å². The lowest BCUT2D eigenvalue weighted by molar-refractivity contribution is -0.147. The maximum absolute atomic E-state index is 12.6. The molecule has 0 bridgehead atoms. The van der Waals surface area contributed by atoms with Gasteiger partial charge in [-0.05, 0) is 55.9 Å². The lowest BCUT2D eigenvalue weighted by atomic mass is 9.89. The number of H-pyrrole nitrogens is 1. The smallest absolute Gasteiger partial charge is 0.316 e. The van der Waals surface area contributed by atoms with Crippen molar-refractivity contribution in [3.8, 4) is 0 Å². The number of fused-ring (bicyclic) bond motifs is 3. The van der Waals surface area contributed by atoms with E-state index in [2.05, 4.69) is 23.8 Å². The minimum Gasteiger partial charge on any atom is -0.462 e. The van der Waals surface area contributed by atoms with Crippen molar-refractivity contribution in [3.05, 3.63) is 20.8 Å². The van der Waals surface area contributed by atoms with Crippen LogP contribution in [0.3, 0.4) is 0 Å². The number of rotatable bonds is 4. The van der Waals surface area contributed by atoms with E-state index in [9.17, 15) is 9.59 Å². The van der Waals surface area contributed by atoms with E-state index in [1.807, 2.05) is 0 Å². The molecular weight excluding hydrogens is 380 g/mol. The number of hydrogen-bond donors (Lipinski definition) is 1. The Morgan fingerprint density at radius 1 is 1.30 bits per heavy atom. The molecule has 2 aliphatic rings. The third kappa shape index (κ3) is 4.24. The van der Waals surface area contributed by atoms with E-state index in [0.717, 1.165) is 48.7 Å². The predicted octanol–water partition coefficient (Wildman–Crippen LogP) is 4.32. The van der Waals surface area contributed by atoms with Gasteiger partial charge in [-0.1, -0.05) is 32.0 Å². The van der Waals surface area contributed by atoms with Crippen LogP contribution in [0.2, 0.25) is 0 Å². The molecule has 2 heterocycles. The summed E-state index contributed by atoms with van der Waals surface area (Å²) >= 11 is 2.89. The second-order valence-electron chi connectivity index (χ2n) is 8.08. The number of carbonyl (C=O) groups excluding carboxylic acids is 1. The van der Waals surface area contributed by atoms with Crippen molar-refractivity contribution in [2.24, 2.45) is 11.8 Å². The molecule has 1 saturated carbocycles. The normalized spacial score (nSPS) is 25.3. The topological polar surface area (TPSA) is 72.0 Å². The van der Waals surface area contributed by atoms with E-state index < -0.39 is 0 Å². The van der Waals surface area contributed by atoms with Gasteiger partial charge in [0.05, 0.1) is 11.1 Å². The Morgan fingerprint density at radius 3 is 2.96 bits per heavy atom. The zero-order chi connectivity index (χ0) is 19.0. The maximum Gasteiger partial charge on any atom is 0.316 e. The molecule has 3 atom stereocenters. The highest BCUT2D eigenvalue weighted by Crippen LogP contribution is 2.36. The molecule has 1 N–H and O–H groups in total. The van der Waals surface area contributed by atoms with Gasteiger partial charge in [-0.2, -0.15) is 0 Å². The molecule has 4 rings (SSSR count). The van der Waals surface area contributed by atoms with E-state index >= 15 is 0 Å². The fourth-order valence-corrected chi connectivity index (χ4v) is 6.31. The fraction of sp³-hybridized carbons (Fsp3) is 0.650. The van der Waals surface area contributed by atoms with Gasteiger partial charge in [0, 0.05) is 4.88 Å². The van der Waals surface area contributed by atoms with Crippen LogP contribution in [0.25, 0.3) is 10.2 Å². The van der Waals surface area contributed by atoms with Crippen LogP contribution in [0.15, 0.2) is 9.95 Å². The lowest BCUT2D eigenvalue weighted by Gasteiger charge is -2.26. The maximum atomic E-state index is 12.6. The number of nitrogens with one attached hydrogen (secondary N) is 1. The molecule has 1 fully saturated rings. The van der Waals surface area contributed by atoms with E-state index in [4.69, 9.17) is 4.74 Å². The lowest BCUT2D eigenvalue weighted by Crippen LogP contribution is -2.25. The van der Waals surface area contributed by atoms with E-state index in [1.54, 1.807) is 11.3 Å². The zero-order valence-electron chi connectivity index (χ0n) is 15.9. The van der Waals surface area contributed by atoms with E-state index in [-0.39, 0.29) is 23.4 Å². The van der Waals surface area contributed by atoms with Gasteiger partial charge in [0.1, 0.15) is 10.9 Å². The van der Waals surface area contributed by atoms with Crippen molar-refractivity contribution in [1.29, 1.82) is 0 Å². The summed E-state index contributed by atoms with van der Waals surface area (Å²) < 4.78 is 5.60. The molecule has 2 aliphatic carbocycles. The number of esters is 1. The highest BCUT2D eigenvalue weighted by molar-refractivity contribution is 7.99. The van der Waals surface area contributed by atoms with Crippen LogP contribution in [-0.2, 0) is 22.4 Å². The van der Waals surface area contributed by atoms with Crippen LogP contribution in [-0.4, -0.2) is 27.8 Å². The summed E-state index contributed by atoms with van der Waals surface area (Å²) in [6.45, 7) is 4.46. The van der Waals surface area contributed by atoms with Crippen molar-refractivity contribution >= 4 is 39.3 Å². The number of thioether (sulfide) groups is 1. The van der Waals surface area contributed by atoms with Crippen LogP contribution in [0.5, 0.6) is 0 Å². The first-order valence-electron chi connectivity index (χ1n) is 9.86. The number of hydrogen-bond acceptors (Lipinski definition) is 6. The molecule has 2 aromatic rings. The van der Waals surface area contributed by atoms with Crippen molar-refractivity contribution in [3.63, 3.8) is 0 Å². The minimum atomic E-state index is -0.221. The van der Waals surface area contributed by atoms with Crippen molar-refractivity contribution < 1.29 is 9.53 Å². The molecule has 0 unspecified atom stereocenters. The first-order chi connectivity index (χ1) is 13.0. The van der Waals surface area contributed by atoms with Crippen molar-refractivity contribution in [1.82, 2.24) is 9.97 Å². The van der Waals surface area contributed by atoms with Crippen LogP contribution in [0, 0.1) is 11.8 Å². The molecule has 0 saturated heterocycles. The van der Waals surface area contributed by atoms with E-state index in [1.165, 1.54) is 28.6 Å². The summed E-state index contributed by atoms with van der Waals surface area (Å²) in [6, 6.07) is 0. The third-order valence-corrected chi connectivity index (χ3v) is 7.65. The van der Waals surface area contributed by atoms with Gasteiger partial charge in [-0.3, -0.25) is 9.59 Å². The van der Waals surface area contributed by atoms with Crippen LogP contribution >= 0.6 is 23.1 Å². The molecule has 0 aliphatic heterocycles. The molecule has 27 heavy (non-hydrogen) atoms. The Labute approximate surface area is 167 Å². The molecular formula is C20H26N2O3S2. The highest BCUT2D eigenvalue weighted by atomic mass is 32.2. The Kier molecular flexibility index (Phi) is 5.60. The largest absolute Gasteiger partial charge is 0.462 e. The molecule has 7 heteroatoms. The summed E-state index contributed by atoms with van der Waals surface area (Å²) in [4.78, 5) is 34.3. The first-order valence-corrected chi connectivity index (χ1v) is 11.7. The average molecular weight is 407 g/mol. The number of nitrogens with zero attached hydrogens (tertiary/aromatic N) is 1. The summed E-state index contributed by atoms with van der Waals surface area (Å²) in [7, 11) is 0. The summed E-state index contributed by atoms with van der Waals surface area (Å²) in [6.07, 6.45) is 7.42. The highest BCUT2D eigenvalue weighted by Gasteiger charge is 2.24. The Balaban J connectivity index is 1.43. The van der Waals surface area contributed by atoms with E-state index in [0.29, 0.717) is 17.0 Å². The average Bonchev–Trinajstić information content (AvgIpc) is 2.97. The summed E-state index contributed by atoms with van der Waals surface area (Å²) in [5.41, 5.74) is 1.10.